The molecule has 176 valence electrons. The van der Waals surface area contributed by atoms with Crippen LogP contribution in [0.2, 0.25) is 0 Å². The molecule has 8 heteroatoms. The molecule has 0 radical (unpaired) electrons. The molecule has 7 nitrogen and oxygen atoms in total. The van der Waals surface area contributed by atoms with Crippen LogP contribution in [0.25, 0.3) is 0 Å². The minimum Gasteiger partial charge on any atom is -0.353 e. The molecule has 32 heavy (non-hydrogen) atoms. The first-order chi connectivity index (χ1) is 15.3. The number of rotatable bonds is 6. The highest BCUT2D eigenvalue weighted by Gasteiger charge is 2.35. The fraction of sp³-hybridized carbons (Fsp3) is 0.667. The molecule has 1 atom stereocenters. The average Bonchev–Trinajstić information content (AvgIpc) is 2.77. The fourth-order valence-electron chi connectivity index (χ4n) is 4.81. The molecule has 1 saturated heterocycles. The van der Waals surface area contributed by atoms with E-state index in [9.17, 15) is 18.0 Å². The van der Waals surface area contributed by atoms with Gasteiger partial charge < -0.3 is 10.2 Å². The Morgan fingerprint density at radius 2 is 1.78 bits per heavy atom. The van der Waals surface area contributed by atoms with Crippen molar-refractivity contribution in [3.63, 3.8) is 0 Å². The zero-order valence-electron chi connectivity index (χ0n) is 19.2. The molecule has 0 bridgehead atoms. The van der Waals surface area contributed by atoms with Gasteiger partial charge in [-0.3, -0.25) is 9.59 Å². The number of carbonyl (C=O) groups excluding carboxylic acids is 2. The van der Waals surface area contributed by atoms with E-state index in [-0.39, 0.29) is 34.6 Å². The number of fused-ring (bicyclic) bond motifs is 1. The molecular weight excluding hydrogens is 426 g/mol. The van der Waals surface area contributed by atoms with Crippen molar-refractivity contribution in [3.8, 4) is 0 Å². The number of hydrogen-bond donors (Lipinski definition) is 1. The number of sulfonamides is 1. The van der Waals surface area contributed by atoms with Crippen LogP contribution in [0, 0.1) is 11.8 Å². The number of amides is 2. The Morgan fingerprint density at radius 1 is 1.06 bits per heavy atom. The molecule has 1 aromatic carbocycles. The van der Waals surface area contributed by atoms with Gasteiger partial charge in [-0.05, 0) is 75.6 Å². The third-order valence-corrected chi connectivity index (χ3v) is 9.25. The summed E-state index contributed by atoms with van der Waals surface area (Å²) >= 11 is 0. The van der Waals surface area contributed by atoms with Gasteiger partial charge in [-0.2, -0.15) is 4.31 Å². The Labute approximate surface area is 191 Å². The predicted molar refractivity (Wildman–Crippen MR) is 124 cm³/mol. The van der Waals surface area contributed by atoms with Crippen molar-refractivity contribution in [2.24, 2.45) is 11.8 Å². The van der Waals surface area contributed by atoms with E-state index < -0.39 is 10.0 Å². The summed E-state index contributed by atoms with van der Waals surface area (Å²) in [5, 5.41) is 3.01. The van der Waals surface area contributed by atoms with Crippen LogP contribution in [0.15, 0.2) is 23.1 Å². The van der Waals surface area contributed by atoms with Gasteiger partial charge in [0.2, 0.25) is 21.8 Å². The monoisotopic (exact) mass is 461 g/mol. The van der Waals surface area contributed by atoms with E-state index in [1.165, 1.54) is 4.31 Å². The van der Waals surface area contributed by atoms with E-state index in [4.69, 9.17) is 0 Å². The number of hydrogen-bond acceptors (Lipinski definition) is 4. The number of benzene rings is 1. The maximum Gasteiger partial charge on any atom is 0.243 e. The minimum atomic E-state index is -3.62. The Kier molecular flexibility index (Phi) is 6.91. The summed E-state index contributed by atoms with van der Waals surface area (Å²) in [5.74, 6) is 0.208. The summed E-state index contributed by atoms with van der Waals surface area (Å²) in [6.45, 7) is 5.42. The van der Waals surface area contributed by atoms with Crippen molar-refractivity contribution in [1.82, 2.24) is 9.62 Å². The first-order valence-electron chi connectivity index (χ1n) is 12.1. The highest BCUT2D eigenvalue weighted by Crippen LogP contribution is 2.35. The van der Waals surface area contributed by atoms with Crippen molar-refractivity contribution in [2.45, 2.75) is 76.2 Å². The first-order valence-corrected chi connectivity index (χ1v) is 13.5. The molecular formula is C24H35N3O4S. The predicted octanol–water partition coefficient (Wildman–Crippen LogP) is 3.08. The van der Waals surface area contributed by atoms with Crippen LogP contribution in [0.1, 0.15) is 64.4 Å². The van der Waals surface area contributed by atoms with Crippen LogP contribution in [0.3, 0.4) is 0 Å². The van der Waals surface area contributed by atoms with Gasteiger partial charge >= 0.3 is 0 Å². The molecule has 2 heterocycles. The minimum absolute atomic E-state index is 0.0291. The third kappa shape index (κ3) is 4.57. The first kappa shape index (κ1) is 23.2. The van der Waals surface area contributed by atoms with E-state index >= 15 is 0 Å². The van der Waals surface area contributed by atoms with E-state index in [0.29, 0.717) is 32.5 Å². The summed E-state index contributed by atoms with van der Waals surface area (Å²) in [7, 11) is -3.62. The van der Waals surface area contributed by atoms with E-state index in [0.717, 1.165) is 49.8 Å². The standard InChI is InChI=1S/C24H35N3O4S/c1-3-17(2)25-23(28)18-11-14-26(15-12-18)32(30,31)21-9-10-22-20(16-21)8-5-13-27(22)24(29)19-6-4-7-19/h9-10,16-19H,3-8,11-15H2,1-2H3,(H,25,28)/t17-/m1/s1. The molecule has 0 aromatic heterocycles. The summed E-state index contributed by atoms with van der Waals surface area (Å²) in [4.78, 5) is 27.4. The van der Waals surface area contributed by atoms with Crippen LogP contribution in [0.4, 0.5) is 5.69 Å². The summed E-state index contributed by atoms with van der Waals surface area (Å²) in [5.41, 5.74) is 1.81. The van der Waals surface area contributed by atoms with Gasteiger partial charge in [0, 0.05) is 43.2 Å². The van der Waals surface area contributed by atoms with E-state index in [2.05, 4.69) is 5.32 Å². The summed E-state index contributed by atoms with van der Waals surface area (Å²) in [6, 6.07) is 5.34. The maximum absolute atomic E-state index is 13.3. The number of piperidine rings is 1. The van der Waals surface area contributed by atoms with Gasteiger partial charge in [0.25, 0.3) is 0 Å². The Balaban J connectivity index is 1.45. The quantitative estimate of drug-likeness (QED) is 0.705. The van der Waals surface area contributed by atoms with Crippen LogP contribution in [-0.2, 0) is 26.0 Å². The molecule has 3 aliphatic rings. The maximum atomic E-state index is 13.3. The lowest BCUT2D eigenvalue weighted by molar-refractivity contribution is -0.127. The Bertz CT molecular complexity index is 965. The van der Waals surface area contributed by atoms with Gasteiger partial charge in [-0.15, -0.1) is 0 Å². The normalized spacial score (nSPS) is 21.5. The lowest BCUT2D eigenvalue weighted by atomic mass is 9.83. The number of nitrogens with zero attached hydrogens (tertiary/aromatic N) is 2. The van der Waals surface area contributed by atoms with Crippen LogP contribution < -0.4 is 10.2 Å². The SMILES string of the molecule is CC[C@@H](C)NC(=O)C1CCN(S(=O)(=O)c2ccc3c(c2)CCCN3C(=O)C2CCC2)CC1. The second-order valence-corrected chi connectivity index (χ2v) is 11.4. The van der Waals surface area contributed by atoms with Gasteiger partial charge in [-0.25, -0.2) is 8.42 Å². The van der Waals surface area contributed by atoms with Crippen LogP contribution >= 0.6 is 0 Å². The van der Waals surface area contributed by atoms with Gasteiger partial charge in [-0.1, -0.05) is 13.3 Å². The summed E-state index contributed by atoms with van der Waals surface area (Å²) < 4.78 is 28.1. The van der Waals surface area contributed by atoms with Crippen molar-refractivity contribution < 1.29 is 18.0 Å². The summed E-state index contributed by atoms with van der Waals surface area (Å²) in [6.07, 6.45) is 6.62. The zero-order chi connectivity index (χ0) is 22.9. The van der Waals surface area contributed by atoms with Crippen molar-refractivity contribution >= 4 is 27.5 Å². The second kappa shape index (κ2) is 9.51. The lowest BCUT2D eigenvalue weighted by Gasteiger charge is -2.35. The highest BCUT2D eigenvalue weighted by molar-refractivity contribution is 7.89. The smallest absolute Gasteiger partial charge is 0.243 e. The number of aryl methyl sites for hydroxylation is 1. The molecule has 2 aliphatic heterocycles. The molecule has 4 rings (SSSR count). The van der Waals surface area contributed by atoms with Crippen LogP contribution in [0.5, 0.6) is 0 Å². The van der Waals surface area contributed by atoms with Crippen molar-refractivity contribution in [1.29, 1.82) is 0 Å². The van der Waals surface area contributed by atoms with Gasteiger partial charge in [0.15, 0.2) is 0 Å². The molecule has 1 N–H and O–H groups in total. The number of anilines is 1. The third-order valence-electron chi connectivity index (χ3n) is 7.35. The van der Waals surface area contributed by atoms with E-state index in [1.54, 1.807) is 12.1 Å². The Morgan fingerprint density at radius 3 is 2.41 bits per heavy atom. The zero-order valence-corrected chi connectivity index (χ0v) is 20.0. The highest BCUT2D eigenvalue weighted by atomic mass is 32.2. The van der Waals surface area contributed by atoms with Crippen LogP contribution in [-0.4, -0.2) is 50.2 Å². The second-order valence-electron chi connectivity index (χ2n) is 9.51. The van der Waals surface area contributed by atoms with Gasteiger partial charge in [0.1, 0.15) is 0 Å². The molecule has 2 amide bonds. The van der Waals surface area contributed by atoms with Gasteiger partial charge in [0.05, 0.1) is 4.90 Å². The number of carbonyl (C=O) groups is 2. The van der Waals surface area contributed by atoms with Crippen molar-refractivity contribution in [2.75, 3.05) is 24.5 Å². The fourth-order valence-corrected chi connectivity index (χ4v) is 6.33. The molecule has 2 fully saturated rings. The molecule has 1 aliphatic carbocycles. The number of nitrogens with one attached hydrogen (secondary N) is 1. The molecule has 1 saturated carbocycles. The molecule has 1 aromatic rings. The molecule has 0 spiro atoms. The van der Waals surface area contributed by atoms with E-state index in [1.807, 2.05) is 24.8 Å². The van der Waals surface area contributed by atoms with Crippen molar-refractivity contribution in [3.05, 3.63) is 23.8 Å². The average molecular weight is 462 g/mol. The Hall–Kier alpha value is -1.93. The topological polar surface area (TPSA) is 86.8 Å². The lowest BCUT2D eigenvalue weighted by Crippen LogP contribution is -2.44. The largest absolute Gasteiger partial charge is 0.353 e. The molecule has 0 unspecified atom stereocenters.